The van der Waals surface area contributed by atoms with E-state index in [2.05, 4.69) is 34.3 Å². The van der Waals surface area contributed by atoms with Crippen molar-refractivity contribution in [3.63, 3.8) is 0 Å². The molecule has 1 aliphatic heterocycles. The molecule has 0 unspecified atom stereocenters. The lowest BCUT2D eigenvalue weighted by Crippen LogP contribution is -2.55. The van der Waals surface area contributed by atoms with E-state index in [1.807, 2.05) is 0 Å². The third-order valence-corrected chi connectivity index (χ3v) is 4.52. The van der Waals surface area contributed by atoms with E-state index in [0.717, 1.165) is 13.1 Å². The lowest BCUT2D eigenvalue weighted by Gasteiger charge is -2.40. The van der Waals surface area contributed by atoms with Crippen molar-refractivity contribution in [1.82, 2.24) is 20.4 Å². The summed E-state index contributed by atoms with van der Waals surface area (Å²) in [6.45, 7) is 7.57. The minimum absolute atomic E-state index is 0.0726. The number of carbonyl (C=O) groups excluding carboxylic acids is 1. The molecule has 1 aromatic carbocycles. The zero-order chi connectivity index (χ0) is 18.0. The summed E-state index contributed by atoms with van der Waals surface area (Å²) >= 11 is 0. The van der Waals surface area contributed by atoms with Crippen LogP contribution in [-0.4, -0.2) is 64.3 Å². The first kappa shape index (κ1) is 17.3. The van der Waals surface area contributed by atoms with Gasteiger partial charge in [0, 0.05) is 42.7 Å². The van der Waals surface area contributed by atoms with Crippen LogP contribution in [0.3, 0.4) is 0 Å². The van der Waals surface area contributed by atoms with Gasteiger partial charge in [-0.2, -0.15) is 5.10 Å². The lowest BCUT2D eigenvalue weighted by atomic mass is 10.0. The lowest BCUT2D eigenvalue weighted by molar-refractivity contribution is -0.384. The van der Waals surface area contributed by atoms with Crippen LogP contribution in [0.2, 0.25) is 0 Å². The van der Waals surface area contributed by atoms with Gasteiger partial charge in [-0.15, -0.1) is 0 Å². The first-order chi connectivity index (χ1) is 11.9. The van der Waals surface area contributed by atoms with Crippen LogP contribution in [0.1, 0.15) is 24.3 Å². The Labute approximate surface area is 144 Å². The molecule has 1 aliphatic rings. The van der Waals surface area contributed by atoms with Crippen molar-refractivity contribution in [3.8, 4) is 0 Å². The number of morpholine rings is 1. The van der Waals surface area contributed by atoms with Crippen LogP contribution in [0.5, 0.6) is 0 Å². The Hall–Kier alpha value is -2.52. The van der Waals surface area contributed by atoms with Crippen molar-refractivity contribution >= 4 is 22.5 Å². The molecule has 2 N–H and O–H groups in total. The Bertz CT molecular complexity index is 795. The van der Waals surface area contributed by atoms with E-state index >= 15 is 0 Å². The summed E-state index contributed by atoms with van der Waals surface area (Å²) in [6.07, 6.45) is 0. The zero-order valence-electron chi connectivity index (χ0n) is 14.2. The number of carbonyl (C=O) groups is 1. The maximum atomic E-state index is 12.5. The molecule has 25 heavy (non-hydrogen) atoms. The maximum Gasteiger partial charge on any atom is 0.272 e. The van der Waals surface area contributed by atoms with E-state index in [4.69, 9.17) is 4.74 Å². The van der Waals surface area contributed by atoms with Gasteiger partial charge in [-0.25, -0.2) is 0 Å². The average molecular weight is 347 g/mol. The fraction of sp³-hybridized carbons (Fsp3) is 0.500. The van der Waals surface area contributed by atoms with Crippen molar-refractivity contribution in [2.75, 3.05) is 32.8 Å². The topological polar surface area (TPSA) is 113 Å². The fourth-order valence-corrected chi connectivity index (χ4v) is 2.95. The molecule has 2 heterocycles. The minimum atomic E-state index is -0.490. The van der Waals surface area contributed by atoms with Crippen LogP contribution in [-0.2, 0) is 4.74 Å². The third kappa shape index (κ3) is 3.62. The van der Waals surface area contributed by atoms with Gasteiger partial charge in [0.05, 0.1) is 23.7 Å². The number of aromatic amines is 1. The molecule has 1 amide bonds. The Morgan fingerprint density at radius 2 is 2.16 bits per heavy atom. The molecule has 0 atom stereocenters. The van der Waals surface area contributed by atoms with Crippen molar-refractivity contribution in [3.05, 3.63) is 34.0 Å². The van der Waals surface area contributed by atoms with Gasteiger partial charge in [0.15, 0.2) is 5.69 Å². The molecule has 0 saturated carbocycles. The predicted molar refractivity (Wildman–Crippen MR) is 91.6 cm³/mol. The quantitative estimate of drug-likeness (QED) is 0.623. The predicted octanol–water partition coefficient (Wildman–Crippen LogP) is 1.31. The van der Waals surface area contributed by atoms with E-state index in [1.165, 1.54) is 12.1 Å². The zero-order valence-corrected chi connectivity index (χ0v) is 14.2. The molecule has 9 nitrogen and oxygen atoms in total. The molecule has 1 fully saturated rings. The second-order valence-electron chi connectivity index (χ2n) is 6.65. The van der Waals surface area contributed by atoms with Crippen molar-refractivity contribution < 1.29 is 14.5 Å². The van der Waals surface area contributed by atoms with Crippen LogP contribution in [0.25, 0.3) is 10.9 Å². The van der Waals surface area contributed by atoms with Gasteiger partial charge in [-0.3, -0.25) is 24.9 Å². The number of benzene rings is 1. The number of rotatable bonds is 5. The summed E-state index contributed by atoms with van der Waals surface area (Å²) in [5, 5.41) is 21.0. The molecule has 1 saturated heterocycles. The number of fused-ring (bicyclic) bond motifs is 1. The molecule has 0 spiro atoms. The number of nitro benzene ring substituents is 1. The summed E-state index contributed by atoms with van der Waals surface area (Å²) in [5.74, 6) is -0.354. The van der Waals surface area contributed by atoms with Crippen LogP contribution >= 0.6 is 0 Å². The molecular formula is C16H21N5O4. The number of nitrogens with zero attached hydrogens (tertiary/aromatic N) is 3. The molecule has 0 radical (unpaired) electrons. The number of hydrogen-bond acceptors (Lipinski definition) is 6. The highest BCUT2D eigenvalue weighted by Crippen LogP contribution is 2.22. The van der Waals surface area contributed by atoms with Gasteiger partial charge in [-0.05, 0) is 19.9 Å². The van der Waals surface area contributed by atoms with Crippen molar-refractivity contribution in [2.24, 2.45) is 0 Å². The highest BCUT2D eigenvalue weighted by molar-refractivity contribution is 6.05. The molecule has 0 bridgehead atoms. The van der Waals surface area contributed by atoms with Crippen molar-refractivity contribution in [2.45, 2.75) is 19.4 Å². The number of ether oxygens (including phenoxy) is 1. The highest BCUT2D eigenvalue weighted by atomic mass is 16.6. The van der Waals surface area contributed by atoms with Gasteiger partial charge in [0.1, 0.15) is 0 Å². The molecule has 9 heteroatoms. The summed E-state index contributed by atoms with van der Waals surface area (Å²) in [6, 6.07) is 4.29. The Morgan fingerprint density at radius 3 is 2.84 bits per heavy atom. The number of non-ortho nitro benzene ring substituents is 1. The van der Waals surface area contributed by atoms with Crippen LogP contribution < -0.4 is 5.32 Å². The van der Waals surface area contributed by atoms with Gasteiger partial charge in [-0.1, -0.05) is 0 Å². The number of aromatic nitrogens is 2. The smallest absolute Gasteiger partial charge is 0.272 e. The molecule has 1 aromatic heterocycles. The summed E-state index contributed by atoms with van der Waals surface area (Å²) in [5.41, 5.74) is 0.452. The SMILES string of the molecule is CC(C)(CNC(=O)c1n[nH]c2ccc([N+](=O)[O-])cc12)N1CCOCC1. The van der Waals surface area contributed by atoms with E-state index in [0.29, 0.717) is 30.7 Å². The monoisotopic (exact) mass is 347 g/mol. The van der Waals surface area contributed by atoms with Crippen LogP contribution in [0.4, 0.5) is 5.69 Å². The maximum absolute atomic E-state index is 12.5. The van der Waals surface area contributed by atoms with Gasteiger partial charge < -0.3 is 10.1 Å². The molecule has 134 valence electrons. The highest BCUT2D eigenvalue weighted by Gasteiger charge is 2.29. The Kier molecular flexibility index (Phi) is 4.69. The first-order valence-corrected chi connectivity index (χ1v) is 8.12. The van der Waals surface area contributed by atoms with Crippen LogP contribution in [0, 0.1) is 10.1 Å². The van der Waals surface area contributed by atoms with Crippen LogP contribution in [0.15, 0.2) is 18.2 Å². The first-order valence-electron chi connectivity index (χ1n) is 8.12. The van der Waals surface area contributed by atoms with Gasteiger partial charge >= 0.3 is 0 Å². The van der Waals surface area contributed by atoms with Gasteiger partial charge in [0.2, 0.25) is 0 Å². The summed E-state index contributed by atoms with van der Waals surface area (Å²) in [4.78, 5) is 25.2. The number of H-pyrrole nitrogens is 1. The molecular weight excluding hydrogens is 326 g/mol. The van der Waals surface area contributed by atoms with E-state index < -0.39 is 4.92 Å². The Balaban J connectivity index is 1.73. The standard InChI is InChI=1S/C16H21N5O4/c1-16(2,20-5-7-25-8-6-20)10-17-15(22)14-12-9-11(21(23)24)3-4-13(12)18-19-14/h3-4,9H,5-8,10H2,1-2H3,(H,17,22)(H,18,19). The number of nitro groups is 1. The number of hydrogen-bond donors (Lipinski definition) is 2. The second kappa shape index (κ2) is 6.77. The largest absolute Gasteiger partial charge is 0.379 e. The van der Waals surface area contributed by atoms with Gasteiger partial charge in [0.25, 0.3) is 11.6 Å². The van der Waals surface area contributed by atoms with E-state index in [1.54, 1.807) is 6.07 Å². The number of amides is 1. The average Bonchev–Trinajstić information content (AvgIpc) is 3.03. The van der Waals surface area contributed by atoms with E-state index in [9.17, 15) is 14.9 Å². The third-order valence-electron chi connectivity index (χ3n) is 4.52. The minimum Gasteiger partial charge on any atom is -0.379 e. The summed E-state index contributed by atoms with van der Waals surface area (Å²) < 4.78 is 5.36. The number of nitrogens with one attached hydrogen (secondary N) is 2. The molecule has 2 aromatic rings. The Morgan fingerprint density at radius 1 is 1.44 bits per heavy atom. The van der Waals surface area contributed by atoms with Crippen molar-refractivity contribution in [1.29, 1.82) is 0 Å². The molecule has 3 rings (SSSR count). The summed E-state index contributed by atoms with van der Waals surface area (Å²) in [7, 11) is 0. The van der Waals surface area contributed by atoms with E-state index in [-0.39, 0.29) is 22.8 Å². The normalized spacial score (nSPS) is 16.1. The second-order valence-corrected chi connectivity index (χ2v) is 6.65. The molecule has 0 aliphatic carbocycles. The fourth-order valence-electron chi connectivity index (χ4n) is 2.95.